The molecule has 24 heavy (non-hydrogen) atoms. The molecule has 2 aliphatic heterocycles. The fourth-order valence-electron chi connectivity index (χ4n) is 2.09. The average Bonchev–Trinajstić information content (AvgIpc) is 3.35. The van der Waals surface area contributed by atoms with Crippen molar-refractivity contribution in [2.75, 3.05) is 26.4 Å². The van der Waals surface area contributed by atoms with Crippen LogP contribution in [0.15, 0.2) is 48.8 Å². The van der Waals surface area contributed by atoms with Crippen LogP contribution in [0.2, 0.25) is 0 Å². The zero-order chi connectivity index (χ0) is 16.0. The van der Waals surface area contributed by atoms with Gasteiger partial charge in [0.05, 0.1) is 0 Å². The standard InChI is InChI=1S/C11H9N2.2C4H8O.Li/c1-3-7-12-10(5-1)9-11-6-2-4-8-13-11;2*1-2-4-5-3-1;/h1-9H;2*1-4H2;/q-1;;;+1. The first kappa shape index (κ1) is 20.7. The van der Waals surface area contributed by atoms with Gasteiger partial charge < -0.3 is 9.47 Å². The van der Waals surface area contributed by atoms with Crippen molar-refractivity contribution in [2.45, 2.75) is 25.7 Å². The zero-order valence-electron chi connectivity index (χ0n) is 14.6. The molecule has 0 N–H and O–H groups in total. The molecule has 0 amide bonds. The minimum absolute atomic E-state index is 0. The van der Waals surface area contributed by atoms with E-state index in [1.807, 2.05) is 42.8 Å². The average molecular weight is 320 g/mol. The van der Waals surface area contributed by atoms with E-state index in [1.54, 1.807) is 12.4 Å². The van der Waals surface area contributed by atoms with Crippen LogP contribution in [0.5, 0.6) is 0 Å². The third kappa shape index (κ3) is 9.74. The molecule has 5 heteroatoms. The first-order valence-electron chi connectivity index (χ1n) is 8.27. The van der Waals surface area contributed by atoms with Gasteiger partial charge in [0.25, 0.3) is 0 Å². The molecule has 4 heterocycles. The monoisotopic (exact) mass is 320 g/mol. The summed E-state index contributed by atoms with van der Waals surface area (Å²) in [5.41, 5.74) is 1.86. The van der Waals surface area contributed by atoms with E-state index >= 15 is 0 Å². The third-order valence-corrected chi connectivity index (χ3v) is 3.33. The first-order chi connectivity index (χ1) is 11.4. The molecule has 0 radical (unpaired) electrons. The van der Waals surface area contributed by atoms with Crippen LogP contribution in [0.1, 0.15) is 37.1 Å². The van der Waals surface area contributed by atoms with Crippen molar-refractivity contribution in [1.82, 2.24) is 9.97 Å². The first-order valence-corrected chi connectivity index (χ1v) is 8.27. The minimum Gasteiger partial charge on any atom is -0.381 e. The Balaban J connectivity index is 0.000000216. The van der Waals surface area contributed by atoms with Crippen LogP contribution < -0.4 is 18.9 Å². The van der Waals surface area contributed by atoms with Crippen LogP contribution in [-0.4, -0.2) is 36.4 Å². The van der Waals surface area contributed by atoms with E-state index in [4.69, 9.17) is 9.47 Å². The minimum atomic E-state index is 0. The maximum atomic E-state index is 4.94. The Labute approximate surface area is 157 Å². The Morgan fingerprint density at radius 3 is 1.33 bits per heavy atom. The van der Waals surface area contributed by atoms with Gasteiger partial charge in [-0.1, -0.05) is 12.1 Å². The molecule has 2 aromatic heterocycles. The predicted octanol–water partition coefficient (Wildman–Crippen LogP) is 0.675. The van der Waals surface area contributed by atoms with E-state index in [2.05, 4.69) is 9.97 Å². The summed E-state index contributed by atoms with van der Waals surface area (Å²) in [5, 5.41) is 0. The van der Waals surface area contributed by atoms with E-state index < -0.39 is 0 Å². The second-order valence-corrected chi connectivity index (χ2v) is 5.29. The Morgan fingerprint density at radius 2 is 1.08 bits per heavy atom. The quantitative estimate of drug-likeness (QED) is 0.603. The zero-order valence-corrected chi connectivity index (χ0v) is 14.6. The van der Waals surface area contributed by atoms with Crippen LogP contribution in [0.4, 0.5) is 0 Å². The molecule has 0 aromatic carbocycles. The van der Waals surface area contributed by atoms with Gasteiger partial charge in [-0.2, -0.15) is 0 Å². The van der Waals surface area contributed by atoms with Crippen molar-refractivity contribution in [2.24, 2.45) is 0 Å². The maximum Gasteiger partial charge on any atom is 1.00 e. The molecular weight excluding hydrogens is 295 g/mol. The normalized spacial score (nSPS) is 15.2. The summed E-state index contributed by atoms with van der Waals surface area (Å²) in [7, 11) is 0. The number of hydrogen-bond donors (Lipinski definition) is 0. The van der Waals surface area contributed by atoms with E-state index in [0.717, 1.165) is 37.8 Å². The Kier molecular flexibility index (Phi) is 12.2. The van der Waals surface area contributed by atoms with Crippen molar-refractivity contribution in [1.29, 1.82) is 0 Å². The van der Waals surface area contributed by atoms with Crippen LogP contribution in [0.25, 0.3) is 0 Å². The van der Waals surface area contributed by atoms with Crippen molar-refractivity contribution in [3.8, 4) is 0 Å². The van der Waals surface area contributed by atoms with E-state index in [1.165, 1.54) is 25.7 Å². The molecule has 0 atom stereocenters. The molecule has 0 unspecified atom stereocenters. The number of aromatic nitrogens is 2. The molecule has 0 aliphatic carbocycles. The summed E-state index contributed by atoms with van der Waals surface area (Å²) in [6.07, 6.45) is 10.6. The van der Waals surface area contributed by atoms with Gasteiger partial charge in [-0.3, -0.25) is 9.97 Å². The molecule has 0 saturated carbocycles. The second-order valence-electron chi connectivity index (χ2n) is 5.29. The smallest absolute Gasteiger partial charge is 0.381 e. The van der Waals surface area contributed by atoms with E-state index in [9.17, 15) is 0 Å². The molecule has 2 aliphatic rings. The van der Waals surface area contributed by atoms with Crippen molar-refractivity contribution in [3.63, 3.8) is 0 Å². The largest absolute Gasteiger partial charge is 1.00 e. The summed E-state index contributed by atoms with van der Waals surface area (Å²) in [6, 6.07) is 11.6. The van der Waals surface area contributed by atoms with Crippen molar-refractivity contribution < 1.29 is 28.3 Å². The SMILES string of the molecule is C1CCOC1.C1CCOC1.[Li+].c1ccc([CH-]c2ccccn2)nc1. The fraction of sp³-hybridized carbons (Fsp3) is 0.421. The Hall–Kier alpha value is -1.31. The topological polar surface area (TPSA) is 44.2 Å². The van der Waals surface area contributed by atoms with Gasteiger partial charge in [-0.25, -0.2) is 0 Å². The summed E-state index contributed by atoms with van der Waals surface area (Å²) in [6.45, 7) is 4.00. The van der Waals surface area contributed by atoms with Gasteiger partial charge in [0.15, 0.2) is 0 Å². The van der Waals surface area contributed by atoms with Crippen LogP contribution in [0.3, 0.4) is 0 Å². The second kappa shape index (κ2) is 14.1. The summed E-state index contributed by atoms with van der Waals surface area (Å²) >= 11 is 0. The third-order valence-electron chi connectivity index (χ3n) is 3.33. The number of nitrogens with zero attached hydrogens (tertiary/aromatic N) is 2. The number of rotatable bonds is 2. The van der Waals surface area contributed by atoms with Crippen LogP contribution in [0, 0.1) is 6.42 Å². The molecule has 4 nitrogen and oxygen atoms in total. The number of pyridine rings is 2. The van der Waals surface area contributed by atoms with Crippen molar-refractivity contribution in [3.05, 3.63) is 66.6 Å². The van der Waals surface area contributed by atoms with Crippen molar-refractivity contribution >= 4 is 0 Å². The molecule has 0 bridgehead atoms. The Bertz CT molecular complexity index is 441. The summed E-state index contributed by atoms with van der Waals surface area (Å²) < 4.78 is 9.89. The van der Waals surface area contributed by atoms with Crippen LogP contribution >= 0.6 is 0 Å². The molecule has 2 aromatic rings. The predicted molar refractivity (Wildman–Crippen MR) is 91.1 cm³/mol. The maximum absolute atomic E-state index is 4.94. The van der Waals surface area contributed by atoms with Crippen LogP contribution in [-0.2, 0) is 9.47 Å². The van der Waals surface area contributed by atoms with Gasteiger partial charge in [0, 0.05) is 38.8 Å². The molecule has 4 rings (SSSR count). The summed E-state index contributed by atoms with van der Waals surface area (Å²) in [5.74, 6) is 0. The molecule has 2 saturated heterocycles. The molecular formula is C19H25LiN2O2. The van der Waals surface area contributed by atoms with Gasteiger partial charge in [-0.15, -0.1) is 30.7 Å². The molecule has 2 fully saturated rings. The summed E-state index contributed by atoms with van der Waals surface area (Å²) in [4.78, 5) is 8.36. The number of ether oxygens (including phenoxy) is 2. The number of hydrogen-bond acceptors (Lipinski definition) is 4. The Morgan fingerprint density at radius 1 is 0.667 bits per heavy atom. The van der Waals surface area contributed by atoms with E-state index in [-0.39, 0.29) is 18.9 Å². The molecule has 124 valence electrons. The van der Waals surface area contributed by atoms with Gasteiger partial charge in [0.2, 0.25) is 0 Å². The van der Waals surface area contributed by atoms with Gasteiger partial charge >= 0.3 is 18.9 Å². The fourth-order valence-corrected chi connectivity index (χ4v) is 2.09. The molecule has 0 spiro atoms. The van der Waals surface area contributed by atoms with Gasteiger partial charge in [-0.05, 0) is 37.1 Å². The van der Waals surface area contributed by atoms with E-state index in [0.29, 0.717) is 0 Å². The van der Waals surface area contributed by atoms with Gasteiger partial charge in [0.1, 0.15) is 0 Å².